The number of benzene rings is 1. The Kier molecular flexibility index (Phi) is 3.11. The van der Waals surface area contributed by atoms with Crippen molar-refractivity contribution < 1.29 is 9.53 Å². The molecule has 1 fully saturated rings. The summed E-state index contributed by atoms with van der Waals surface area (Å²) in [6, 6.07) is 9.79. The van der Waals surface area contributed by atoms with Gasteiger partial charge in [0, 0.05) is 6.42 Å². The Balaban J connectivity index is 1.92. The fourth-order valence-electron chi connectivity index (χ4n) is 1.59. The summed E-state index contributed by atoms with van der Waals surface area (Å²) < 4.78 is 5.02. The van der Waals surface area contributed by atoms with Gasteiger partial charge in [0.25, 0.3) is 0 Å². The van der Waals surface area contributed by atoms with E-state index in [1.165, 1.54) is 0 Å². The predicted octanol–water partition coefficient (Wildman–Crippen LogP) is 2.47. The molecule has 1 amide bonds. The number of carbonyl (C=O) groups is 1. The first-order valence-corrected chi connectivity index (χ1v) is 5.33. The third-order valence-corrected chi connectivity index (χ3v) is 2.81. The zero-order valence-corrected chi connectivity index (χ0v) is 8.91. The van der Waals surface area contributed by atoms with Gasteiger partial charge in [0.2, 0.25) is 0 Å². The molecule has 0 saturated carbocycles. The van der Waals surface area contributed by atoms with Crippen LogP contribution in [0.1, 0.15) is 17.4 Å². The third-order valence-electron chi connectivity index (χ3n) is 2.38. The standard InChI is InChI=1S/C11H12ClNO2/c12-10(8-4-2-1-3-5-8)6-9-7-13-11(14)15-9/h1-5,9-10H,6-7H2,(H,13,14). The highest BCUT2D eigenvalue weighted by Gasteiger charge is 2.25. The van der Waals surface area contributed by atoms with E-state index in [1.807, 2.05) is 30.3 Å². The molecule has 1 aliphatic heterocycles. The van der Waals surface area contributed by atoms with E-state index in [4.69, 9.17) is 16.3 Å². The van der Waals surface area contributed by atoms with E-state index < -0.39 is 0 Å². The van der Waals surface area contributed by atoms with E-state index in [0.717, 1.165) is 5.56 Å². The van der Waals surface area contributed by atoms with Gasteiger partial charge in [-0.25, -0.2) is 4.79 Å². The molecule has 1 N–H and O–H groups in total. The first-order chi connectivity index (χ1) is 7.25. The molecule has 0 aromatic heterocycles. The number of alkyl halides is 1. The van der Waals surface area contributed by atoms with Crippen LogP contribution >= 0.6 is 11.6 Å². The molecular formula is C11H12ClNO2. The van der Waals surface area contributed by atoms with Crippen LogP contribution in [0.25, 0.3) is 0 Å². The van der Waals surface area contributed by atoms with Gasteiger partial charge in [-0.05, 0) is 5.56 Å². The van der Waals surface area contributed by atoms with Crippen LogP contribution in [-0.2, 0) is 4.74 Å². The minimum atomic E-state index is -0.350. The van der Waals surface area contributed by atoms with Crippen molar-refractivity contribution in [2.24, 2.45) is 0 Å². The highest BCUT2D eigenvalue weighted by molar-refractivity contribution is 6.20. The van der Waals surface area contributed by atoms with Crippen LogP contribution in [0.5, 0.6) is 0 Å². The summed E-state index contributed by atoms with van der Waals surface area (Å²) in [5, 5.41) is 2.50. The summed E-state index contributed by atoms with van der Waals surface area (Å²) in [5.41, 5.74) is 1.06. The van der Waals surface area contributed by atoms with Gasteiger partial charge in [0.1, 0.15) is 6.10 Å². The van der Waals surface area contributed by atoms with Crippen molar-refractivity contribution in [3.63, 3.8) is 0 Å². The number of alkyl carbamates (subject to hydrolysis) is 1. The maximum absolute atomic E-state index is 10.8. The molecule has 0 bridgehead atoms. The van der Waals surface area contributed by atoms with Crippen LogP contribution in [0, 0.1) is 0 Å². The summed E-state index contributed by atoms with van der Waals surface area (Å²) in [6.07, 6.45) is 0.182. The molecule has 1 aliphatic rings. The zero-order valence-electron chi connectivity index (χ0n) is 8.15. The molecule has 3 nitrogen and oxygen atoms in total. The number of carbonyl (C=O) groups excluding carboxylic acids is 1. The topological polar surface area (TPSA) is 38.3 Å². The first-order valence-electron chi connectivity index (χ1n) is 4.89. The third kappa shape index (κ3) is 2.63. The average Bonchev–Trinajstić information content (AvgIpc) is 2.65. The van der Waals surface area contributed by atoms with Gasteiger partial charge in [-0.2, -0.15) is 0 Å². The lowest BCUT2D eigenvalue weighted by Gasteiger charge is -2.13. The van der Waals surface area contributed by atoms with Crippen molar-refractivity contribution in [1.82, 2.24) is 5.32 Å². The Hall–Kier alpha value is -1.22. The lowest BCUT2D eigenvalue weighted by atomic mass is 10.1. The fraction of sp³-hybridized carbons (Fsp3) is 0.364. The van der Waals surface area contributed by atoms with E-state index in [9.17, 15) is 4.79 Å². The smallest absolute Gasteiger partial charge is 0.407 e. The monoisotopic (exact) mass is 225 g/mol. The molecule has 15 heavy (non-hydrogen) atoms. The summed E-state index contributed by atoms with van der Waals surface area (Å²) in [4.78, 5) is 10.8. The number of amides is 1. The molecule has 2 atom stereocenters. The summed E-state index contributed by atoms with van der Waals surface area (Å²) >= 11 is 6.21. The molecule has 4 heteroatoms. The van der Waals surface area contributed by atoms with Crippen molar-refractivity contribution >= 4 is 17.7 Å². The molecule has 1 heterocycles. The fourth-order valence-corrected chi connectivity index (χ4v) is 1.94. The van der Waals surface area contributed by atoms with Gasteiger partial charge in [-0.1, -0.05) is 30.3 Å². The lowest BCUT2D eigenvalue weighted by Crippen LogP contribution is -2.16. The van der Waals surface area contributed by atoms with Gasteiger partial charge in [-0.3, -0.25) is 0 Å². The first kappa shape index (κ1) is 10.3. The van der Waals surface area contributed by atoms with E-state index >= 15 is 0 Å². The molecule has 2 rings (SSSR count). The number of nitrogens with one attached hydrogen (secondary N) is 1. The SMILES string of the molecule is O=C1NCC(CC(Cl)c2ccccc2)O1. The maximum atomic E-state index is 10.8. The Bertz CT molecular complexity index is 342. The predicted molar refractivity (Wildman–Crippen MR) is 57.9 cm³/mol. The minimum Gasteiger partial charge on any atom is -0.444 e. The Morgan fingerprint density at radius 1 is 1.47 bits per heavy atom. The van der Waals surface area contributed by atoms with E-state index in [1.54, 1.807) is 0 Å². The van der Waals surface area contributed by atoms with E-state index in [-0.39, 0.29) is 17.6 Å². The largest absolute Gasteiger partial charge is 0.444 e. The summed E-state index contributed by atoms with van der Waals surface area (Å²) in [7, 11) is 0. The second kappa shape index (κ2) is 4.53. The van der Waals surface area contributed by atoms with Crippen LogP contribution in [0.2, 0.25) is 0 Å². The molecule has 1 saturated heterocycles. The highest BCUT2D eigenvalue weighted by atomic mass is 35.5. The van der Waals surface area contributed by atoms with Crippen molar-refractivity contribution in [2.45, 2.75) is 17.9 Å². The van der Waals surface area contributed by atoms with Gasteiger partial charge in [0.15, 0.2) is 0 Å². The number of rotatable bonds is 3. The zero-order chi connectivity index (χ0) is 10.7. The molecule has 1 aromatic carbocycles. The lowest BCUT2D eigenvalue weighted by molar-refractivity contribution is 0.135. The van der Waals surface area contributed by atoms with Crippen LogP contribution in [-0.4, -0.2) is 18.7 Å². The van der Waals surface area contributed by atoms with E-state index in [0.29, 0.717) is 13.0 Å². The normalized spacial score (nSPS) is 21.9. The van der Waals surface area contributed by atoms with Crippen LogP contribution in [0.15, 0.2) is 30.3 Å². The summed E-state index contributed by atoms with van der Waals surface area (Å²) in [6.45, 7) is 0.550. The number of halogens is 1. The van der Waals surface area contributed by atoms with Crippen molar-refractivity contribution in [2.75, 3.05) is 6.54 Å². The Morgan fingerprint density at radius 2 is 2.20 bits per heavy atom. The number of hydrogen-bond donors (Lipinski definition) is 1. The molecule has 0 spiro atoms. The highest BCUT2D eigenvalue weighted by Crippen LogP contribution is 2.27. The van der Waals surface area contributed by atoms with Crippen molar-refractivity contribution in [3.05, 3.63) is 35.9 Å². The van der Waals surface area contributed by atoms with E-state index in [2.05, 4.69) is 5.32 Å². The van der Waals surface area contributed by atoms with Crippen molar-refractivity contribution in [3.8, 4) is 0 Å². The number of cyclic esters (lactones) is 1. The average molecular weight is 226 g/mol. The molecular weight excluding hydrogens is 214 g/mol. The van der Waals surface area contributed by atoms with Gasteiger partial charge >= 0.3 is 6.09 Å². The number of ether oxygens (including phenoxy) is 1. The molecule has 80 valence electrons. The molecule has 0 aliphatic carbocycles. The van der Waals surface area contributed by atoms with Crippen LogP contribution in [0.3, 0.4) is 0 Å². The minimum absolute atomic E-state index is 0.108. The van der Waals surface area contributed by atoms with Gasteiger partial charge < -0.3 is 10.1 Å². The van der Waals surface area contributed by atoms with Gasteiger partial charge in [0.05, 0.1) is 11.9 Å². The second-order valence-corrected chi connectivity index (χ2v) is 4.05. The molecule has 1 aromatic rings. The van der Waals surface area contributed by atoms with Gasteiger partial charge in [-0.15, -0.1) is 11.6 Å². The summed E-state index contributed by atoms with van der Waals surface area (Å²) in [5.74, 6) is 0. The van der Waals surface area contributed by atoms with Crippen LogP contribution in [0.4, 0.5) is 4.79 Å². The van der Waals surface area contributed by atoms with Crippen LogP contribution < -0.4 is 5.32 Å². The molecule has 0 radical (unpaired) electrons. The number of hydrogen-bond acceptors (Lipinski definition) is 2. The maximum Gasteiger partial charge on any atom is 0.407 e. The van der Waals surface area contributed by atoms with Crippen molar-refractivity contribution in [1.29, 1.82) is 0 Å². The molecule has 2 unspecified atom stereocenters. The second-order valence-electron chi connectivity index (χ2n) is 3.52. The quantitative estimate of drug-likeness (QED) is 0.803. The Labute approximate surface area is 93.4 Å². The Morgan fingerprint density at radius 3 is 2.80 bits per heavy atom.